The summed E-state index contributed by atoms with van der Waals surface area (Å²) >= 11 is 3.49. The van der Waals surface area contributed by atoms with E-state index in [-0.39, 0.29) is 0 Å². The second-order valence-electron chi connectivity index (χ2n) is 4.89. The summed E-state index contributed by atoms with van der Waals surface area (Å²) in [6.45, 7) is 4.18. The molecule has 1 N–H and O–H groups in total. The predicted octanol–water partition coefficient (Wildman–Crippen LogP) is 4.75. The Balaban J connectivity index is 2.08. The molecule has 3 nitrogen and oxygen atoms in total. The van der Waals surface area contributed by atoms with Crippen LogP contribution >= 0.6 is 15.9 Å². The van der Waals surface area contributed by atoms with Gasteiger partial charge in [-0.05, 0) is 55.3 Å². The lowest BCUT2D eigenvalue weighted by Crippen LogP contribution is -1.96. The van der Waals surface area contributed by atoms with Crippen LogP contribution in [0.15, 0.2) is 47.2 Å². The molecular formula is C16H14BrN3. The van der Waals surface area contributed by atoms with Gasteiger partial charge in [-0.1, -0.05) is 22.0 Å². The lowest BCUT2D eigenvalue weighted by Gasteiger charge is -2.10. The van der Waals surface area contributed by atoms with Crippen molar-refractivity contribution in [2.24, 2.45) is 0 Å². The highest BCUT2D eigenvalue weighted by atomic mass is 79.9. The molecule has 0 unspecified atom stereocenters. The molecule has 20 heavy (non-hydrogen) atoms. The van der Waals surface area contributed by atoms with Crippen LogP contribution in [0.2, 0.25) is 0 Å². The molecule has 0 saturated carbocycles. The SMILES string of the molecule is Cc1cc(C)cc(Nc2ncnc3ccc(Br)cc23)c1. The van der Waals surface area contributed by atoms with Crippen molar-refractivity contribution in [3.63, 3.8) is 0 Å². The molecule has 4 heteroatoms. The number of nitrogens with zero attached hydrogens (tertiary/aromatic N) is 2. The number of rotatable bonds is 2. The Morgan fingerprint density at radius 2 is 1.70 bits per heavy atom. The maximum atomic E-state index is 4.36. The highest BCUT2D eigenvalue weighted by Crippen LogP contribution is 2.26. The Hall–Kier alpha value is -1.94. The number of halogens is 1. The zero-order chi connectivity index (χ0) is 14.1. The minimum absolute atomic E-state index is 0.821. The number of fused-ring (bicyclic) bond motifs is 1. The second kappa shape index (κ2) is 5.21. The summed E-state index contributed by atoms with van der Waals surface area (Å²) in [5, 5.41) is 4.38. The first-order valence-electron chi connectivity index (χ1n) is 6.37. The molecule has 1 heterocycles. The van der Waals surface area contributed by atoms with Gasteiger partial charge in [0.2, 0.25) is 0 Å². The van der Waals surface area contributed by atoms with E-state index >= 15 is 0 Å². The molecule has 0 aliphatic carbocycles. The van der Waals surface area contributed by atoms with E-state index in [1.165, 1.54) is 11.1 Å². The first-order chi connectivity index (χ1) is 9.61. The summed E-state index contributed by atoms with van der Waals surface area (Å²) in [7, 11) is 0. The molecule has 0 amide bonds. The molecule has 0 bridgehead atoms. The normalized spacial score (nSPS) is 10.8. The Morgan fingerprint density at radius 1 is 0.950 bits per heavy atom. The number of anilines is 2. The Kier molecular flexibility index (Phi) is 3.40. The molecule has 0 spiro atoms. The van der Waals surface area contributed by atoms with Crippen molar-refractivity contribution >= 4 is 38.3 Å². The van der Waals surface area contributed by atoms with Gasteiger partial charge < -0.3 is 5.32 Å². The molecule has 1 aromatic heterocycles. The largest absolute Gasteiger partial charge is 0.340 e. The van der Waals surface area contributed by atoms with Crippen LogP contribution in [0.25, 0.3) is 10.9 Å². The van der Waals surface area contributed by atoms with Crippen molar-refractivity contribution in [3.8, 4) is 0 Å². The minimum Gasteiger partial charge on any atom is -0.340 e. The average Bonchev–Trinajstić information content (AvgIpc) is 2.38. The van der Waals surface area contributed by atoms with E-state index in [1.54, 1.807) is 6.33 Å². The van der Waals surface area contributed by atoms with E-state index in [9.17, 15) is 0 Å². The predicted molar refractivity (Wildman–Crippen MR) is 86.4 cm³/mol. The number of benzene rings is 2. The molecule has 100 valence electrons. The topological polar surface area (TPSA) is 37.8 Å². The van der Waals surface area contributed by atoms with Gasteiger partial charge in [-0.15, -0.1) is 0 Å². The Bertz CT molecular complexity index is 764. The summed E-state index contributed by atoms with van der Waals surface area (Å²) in [5.41, 5.74) is 4.43. The standard InChI is InChI=1S/C16H14BrN3/c1-10-5-11(2)7-13(6-10)20-16-14-8-12(17)3-4-15(14)18-9-19-16/h3-9H,1-2H3,(H,18,19,20). The third kappa shape index (κ3) is 2.65. The van der Waals surface area contributed by atoms with Crippen LogP contribution in [0.5, 0.6) is 0 Å². The summed E-state index contributed by atoms with van der Waals surface area (Å²) in [4.78, 5) is 8.65. The fourth-order valence-electron chi connectivity index (χ4n) is 2.31. The smallest absolute Gasteiger partial charge is 0.141 e. The van der Waals surface area contributed by atoms with Gasteiger partial charge in [0.1, 0.15) is 12.1 Å². The molecule has 0 aliphatic heterocycles. The number of aryl methyl sites for hydroxylation is 2. The monoisotopic (exact) mass is 327 g/mol. The van der Waals surface area contributed by atoms with Gasteiger partial charge in [0.25, 0.3) is 0 Å². The zero-order valence-electron chi connectivity index (χ0n) is 11.3. The lowest BCUT2D eigenvalue weighted by molar-refractivity contribution is 1.21. The van der Waals surface area contributed by atoms with Gasteiger partial charge in [0.15, 0.2) is 0 Å². The molecule has 0 atom stereocenters. The van der Waals surface area contributed by atoms with E-state index in [4.69, 9.17) is 0 Å². The summed E-state index contributed by atoms with van der Waals surface area (Å²) < 4.78 is 1.02. The first-order valence-corrected chi connectivity index (χ1v) is 7.17. The van der Waals surface area contributed by atoms with E-state index in [1.807, 2.05) is 18.2 Å². The van der Waals surface area contributed by atoms with Crippen molar-refractivity contribution in [2.75, 3.05) is 5.32 Å². The van der Waals surface area contributed by atoms with E-state index in [2.05, 4.69) is 63.3 Å². The fraction of sp³-hybridized carbons (Fsp3) is 0.125. The van der Waals surface area contributed by atoms with E-state index in [0.29, 0.717) is 0 Å². The maximum absolute atomic E-state index is 4.36. The van der Waals surface area contributed by atoms with Crippen LogP contribution in [0.4, 0.5) is 11.5 Å². The molecule has 0 fully saturated rings. The van der Waals surface area contributed by atoms with Crippen molar-refractivity contribution in [1.29, 1.82) is 0 Å². The minimum atomic E-state index is 0.821. The molecule has 2 aromatic carbocycles. The molecule has 0 radical (unpaired) electrons. The van der Waals surface area contributed by atoms with Gasteiger partial charge in [0, 0.05) is 15.5 Å². The van der Waals surface area contributed by atoms with Crippen LogP contribution in [0, 0.1) is 13.8 Å². The molecule has 3 aromatic rings. The van der Waals surface area contributed by atoms with Gasteiger partial charge >= 0.3 is 0 Å². The highest BCUT2D eigenvalue weighted by molar-refractivity contribution is 9.10. The first kappa shape index (κ1) is 13.1. The summed E-state index contributed by atoms with van der Waals surface area (Å²) in [6, 6.07) is 12.4. The Morgan fingerprint density at radius 3 is 2.45 bits per heavy atom. The van der Waals surface area contributed by atoms with Crippen LogP contribution in [0.1, 0.15) is 11.1 Å². The molecule has 0 saturated heterocycles. The molecular weight excluding hydrogens is 314 g/mol. The third-order valence-corrected chi connectivity index (χ3v) is 3.58. The van der Waals surface area contributed by atoms with E-state index in [0.717, 1.165) is 26.9 Å². The number of hydrogen-bond donors (Lipinski definition) is 1. The molecule has 3 rings (SSSR count). The number of aromatic nitrogens is 2. The van der Waals surface area contributed by atoms with Crippen molar-refractivity contribution in [3.05, 3.63) is 58.3 Å². The van der Waals surface area contributed by atoms with Crippen molar-refractivity contribution < 1.29 is 0 Å². The van der Waals surface area contributed by atoms with Crippen LogP contribution in [-0.4, -0.2) is 9.97 Å². The van der Waals surface area contributed by atoms with Gasteiger partial charge in [-0.25, -0.2) is 9.97 Å². The van der Waals surface area contributed by atoms with Gasteiger partial charge in [0.05, 0.1) is 5.52 Å². The van der Waals surface area contributed by atoms with Crippen LogP contribution < -0.4 is 5.32 Å². The summed E-state index contributed by atoms with van der Waals surface area (Å²) in [5.74, 6) is 0.821. The molecule has 0 aliphatic rings. The van der Waals surface area contributed by atoms with Crippen molar-refractivity contribution in [2.45, 2.75) is 13.8 Å². The zero-order valence-corrected chi connectivity index (χ0v) is 12.9. The second-order valence-corrected chi connectivity index (χ2v) is 5.80. The highest BCUT2D eigenvalue weighted by Gasteiger charge is 2.05. The fourth-order valence-corrected chi connectivity index (χ4v) is 2.67. The van der Waals surface area contributed by atoms with Gasteiger partial charge in [-0.3, -0.25) is 0 Å². The third-order valence-electron chi connectivity index (χ3n) is 3.08. The van der Waals surface area contributed by atoms with Crippen LogP contribution in [0.3, 0.4) is 0 Å². The van der Waals surface area contributed by atoms with Crippen LogP contribution in [-0.2, 0) is 0 Å². The Labute approximate surface area is 126 Å². The number of hydrogen-bond acceptors (Lipinski definition) is 3. The van der Waals surface area contributed by atoms with Crippen molar-refractivity contribution in [1.82, 2.24) is 9.97 Å². The number of nitrogens with one attached hydrogen (secondary N) is 1. The lowest BCUT2D eigenvalue weighted by atomic mass is 10.1. The average molecular weight is 328 g/mol. The van der Waals surface area contributed by atoms with E-state index < -0.39 is 0 Å². The quantitative estimate of drug-likeness (QED) is 0.737. The maximum Gasteiger partial charge on any atom is 0.141 e. The summed E-state index contributed by atoms with van der Waals surface area (Å²) in [6.07, 6.45) is 1.58. The van der Waals surface area contributed by atoms with Gasteiger partial charge in [-0.2, -0.15) is 0 Å².